The molecule has 8 nitrogen and oxygen atoms in total. The highest BCUT2D eigenvalue weighted by Gasteiger charge is 2.39. The lowest BCUT2D eigenvalue weighted by molar-refractivity contribution is 0.0266. The molecular weight excluding hydrogens is 404 g/mol. The van der Waals surface area contributed by atoms with E-state index in [2.05, 4.69) is 15.3 Å². The van der Waals surface area contributed by atoms with Gasteiger partial charge in [-0.3, -0.25) is 9.36 Å². The first-order chi connectivity index (χ1) is 15.3. The summed E-state index contributed by atoms with van der Waals surface area (Å²) >= 11 is 0. The Balaban J connectivity index is 1.84. The maximum absolute atomic E-state index is 13.3. The first-order valence-corrected chi connectivity index (χ1v) is 11.4. The third-order valence-corrected chi connectivity index (χ3v) is 6.63. The lowest BCUT2D eigenvalue weighted by Gasteiger charge is -2.28. The van der Waals surface area contributed by atoms with Crippen molar-refractivity contribution in [2.45, 2.75) is 49.6 Å². The highest BCUT2D eigenvalue weighted by atomic mass is 32.2. The van der Waals surface area contributed by atoms with Gasteiger partial charge in [-0.05, 0) is 63.4 Å². The van der Waals surface area contributed by atoms with Crippen molar-refractivity contribution < 1.29 is 17.6 Å². The number of anilines is 2. The summed E-state index contributed by atoms with van der Waals surface area (Å²) in [7, 11) is -3.34. The standard InChI is InChI=1S/C21H24N4O4S/c1-13-11-14-12-22-20(23-15-6-8-16(9-7-15)30(3,28)29)24-18(14)25(19(13)26)17-5-4-10-21(17,2)27/h6-9,11-12,17,27H,4-5,10H2,1-3H3,(H,22,23,24)/t17-,21-/m1/s1/i1D3. The average Bonchev–Trinajstić information content (AvgIpc) is 3.05. The molecule has 2 atom stereocenters. The molecule has 2 N–H and O–H groups in total. The van der Waals surface area contributed by atoms with Crippen molar-refractivity contribution in [1.29, 1.82) is 0 Å². The van der Waals surface area contributed by atoms with Crippen molar-refractivity contribution >= 4 is 32.5 Å². The van der Waals surface area contributed by atoms with Crippen molar-refractivity contribution in [3.63, 3.8) is 0 Å². The molecule has 9 heteroatoms. The van der Waals surface area contributed by atoms with Gasteiger partial charge < -0.3 is 10.4 Å². The smallest absolute Gasteiger partial charge is 0.255 e. The van der Waals surface area contributed by atoms with Crippen LogP contribution in [0, 0.1) is 6.85 Å². The van der Waals surface area contributed by atoms with Gasteiger partial charge >= 0.3 is 0 Å². The van der Waals surface area contributed by atoms with E-state index in [1.807, 2.05) is 0 Å². The normalized spacial score (nSPS) is 23.7. The van der Waals surface area contributed by atoms with Gasteiger partial charge in [0, 0.05) is 33.2 Å². The molecular formula is C21H24N4O4S. The number of hydrogen-bond acceptors (Lipinski definition) is 7. The van der Waals surface area contributed by atoms with E-state index < -0.39 is 33.9 Å². The molecule has 0 unspecified atom stereocenters. The molecule has 4 rings (SSSR count). The van der Waals surface area contributed by atoms with Crippen LogP contribution in [0.3, 0.4) is 0 Å². The molecule has 0 aliphatic heterocycles. The fourth-order valence-corrected chi connectivity index (χ4v) is 4.55. The summed E-state index contributed by atoms with van der Waals surface area (Å²) in [4.78, 5) is 22.1. The van der Waals surface area contributed by atoms with Gasteiger partial charge in [-0.1, -0.05) is 0 Å². The second-order valence-corrected chi connectivity index (χ2v) is 9.91. The highest BCUT2D eigenvalue weighted by Crippen LogP contribution is 2.39. The molecule has 1 aromatic carbocycles. The number of fused-ring (bicyclic) bond motifs is 1. The van der Waals surface area contributed by atoms with E-state index in [0.717, 1.165) is 6.26 Å². The topological polar surface area (TPSA) is 114 Å². The minimum Gasteiger partial charge on any atom is -0.388 e. The maximum Gasteiger partial charge on any atom is 0.255 e. The second-order valence-electron chi connectivity index (χ2n) is 7.89. The van der Waals surface area contributed by atoms with Crippen LogP contribution in [0.25, 0.3) is 11.0 Å². The van der Waals surface area contributed by atoms with Crippen LogP contribution < -0.4 is 10.9 Å². The van der Waals surface area contributed by atoms with Gasteiger partial charge in [0.2, 0.25) is 5.95 Å². The summed E-state index contributed by atoms with van der Waals surface area (Å²) in [6.07, 6.45) is 4.21. The van der Waals surface area contributed by atoms with Crippen LogP contribution in [-0.4, -0.2) is 39.9 Å². The number of hydrogen-bond donors (Lipinski definition) is 2. The first kappa shape index (κ1) is 17.0. The van der Waals surface area contributed by atoms with E-state index >= 15 is 0 Å². The minimum absolute atomic E-state index is 0.141. The summed E-state index contributed by atoms with van der Waals surface area (Å²) < 4.78 is 47.9. The van der Waals surface area contributed by atoms with Gasteiger partial charge in [0.05, 0.1) is 16.5 Å². The first-order valence-electron chi connectivity index (χ1n) is 11.0. The van der Waals surface area contributed by atoms with Crippen LogP contribution in [0.15, 0.2) is 46.2 Å². The van der Waals surface area contributed by atoms with E-state index in [1.54, 1.807) is 19.1 Å². The zero-order chi connectivity index (χ0) is 24.2. The van der Waals surface area contributed by atoms with Gasteiger partial charge in [-0.15, -0.1) is 0 Å². The van der Waals surface area contributed by atoms with Crippen molar-refractivity contribution in [3.05, 3.63) is 52.4 Å². The average molecular weight is 432 g/mol. The Morgan fingerprint density at radius 1 is 1.33 bits per heavy atom. The Morgan fingerprint density at radius 2 is 2.07 bits per heavy atom. The van der Waals surface area contributed by atoms with Crippen LogP contribution in [0.5, 0.6) is 0 Å². The molecule has 30 heavy (non-hydrogen) atoms. The van der Waals surface area contributed by atoms with Gasteiger partial charge in [0.25, 0.3) is 5.56 Å². The molecule has 0 saturated heterocycles. The molecule has 0 amide bonds. The number of aliphatic hydroxyl groups is 1. The van der Waals surface area contributed by atoms with Gasteiger partial charge in [-0.2, -0.15) is 4.98 Å². The molecule has 0 radical (unpaired) electrons. The van der Waals surface area contributed by atoms with Crippen LogP contribution in [0.1, 0.15) is 41.9 Å². The van der Waals surface area contributed by atoms with E-state index in [4.69, 9.17) is 4.11 Å². The third-order valence-electron chi connectivity index (χ3n) is 5.50. The van der Waals surface area contributed by atoms with Crippen LogP contribution >= 0.6 is 0 Å². The number of nitrogens with zero attached hydrogens (tertiary/aromatic N) is 3. The molecule has 1 aliphatic rings. The molecule has 1 saturated carbocycles. The molecule has 0 bridgehead atoms. The summed E-state index contributed by atoms with van der Waals surface area (Å²) in [5, 5.41) is 14.2. The van der Waals surface area contributed by atoms with E-state index in [0.29, 0.717) is 30.3 Å². The predicted molar refractivity (Wildman–Crippen MR) is 115 cm³/mol. The van der Waals surface area contributed by atoms with Crippen molar-refractivity contribution in [3.8, 4) is 0 Å². The minimum atomic E-state index is -3.34. The van der Waals surface area contributed by atoms with E-state index in [9.17, 15) is 18.3 Å². The molecule has 1 aliphatic carbocycles. The SMILES string of the molecule is [2H]C([2H])([2H])c1cc2cnc(Nc3ccc(S(C)(=O)=O)cc3)nc2n([C@@H]2CCC[C@@]2(C)O)c1=O. The van der Waals surface area contributed by atoms with Gasteiger partial charge in [0.15, 0.2) is 9.84 Å². The van der Waals surface area contributed by atoms with Crippen molar-refractivity contribution in [1.82, 2.24) is 14.5 Å². The van der Waals surface area contributed by atoms with E-state index in [-0.39, 0.29) is 22.1 Å². The second kappa shape index (κ2) is 7.17. The fraction of sp³-hybridized carbons (Fsp3) is 0.381. The largest absolute Gasteiger partial charge is 0.388 e. The Labute approximate surface area is 178 Å². The molecule has 3 aromatic rings. The molecule has 2 aromatic heterocycles. The van der Waals surface area contributed by atoms with Crippen molar-refractivity contribution in [2.24, 2.45) is 0 Å². The summed E-state index contributed by atoms with van der Waals surface area (Å²) in [5.41, 5.74) is -1.51. The third kappa shape index (κ3) is 3.70. The zero-order valence-electron chi connectivity index (χ0n) is 19.6. The zero-order valence-corrected chi connectivity index (χ0v) is 17.4. The monoisotopic (exact) mass is 431 g/mol. The summed E-state index contributed by atoms with van der Waals surface area (Å²) in [5.74, 6) is 0.141. The molecule has 0 spiro atoms. The molecule has 158 valence electrons. The maximum atomic E-state index is 13.3. The summed E-state index contributed by atoms with van der Waals surface area (Å²) in [6, 6.07) is 6.68. The number of aromatic nitrogens is 3. The molecule has 1 fully saturated rings. The van der Waals surface area contributed by atoms with Crippen molar-refractivity contribution in [2.75, 3.05) is 11.6 Å². The van der Waals surface area contributed by atoms with Crippen LogP contribution in [-0.2, 0) is 9.84 Å². The number of rotatable bonds is 4. The quantitative estimate of drug-likeness (QED) is 0.653. The van der Waals surface area contributed by atoms with Gasteiger partial charge in [0.1, 0.15) is 5.65 Å². The number of pyridine rings is 1. The lowest BCUT2D eigenvalue weighted by Crippen LogP contribution is -2.38. The highest BCUT2D eigenvalue weighted by molar-refractivity contribution is 7.90. The van der Waals surface area contributed by atoms with E-state index in [1.165, 1.54) is 29.0 Å². The number of aryl methyl sites for hydroxylation is 1. The lowest BCUT2D eigenvalue weighted by atomic mass is 9.99. The van der Waals surface area contributed by atoms with Gasteiger partial charge in [-0.25, -0.2) is 13.4 Å². The summed E-state index contributed by atoms with van der Waals surface area (Å²) in [6.45, 7) is -0.996. The Morgan fingerprint density at radius 3 is 2.67 bits per heavy atom. The van der Waals surface area contributed by atoms with Crippen LogP contribution in [0.4, 0.5) is 11.6 Å². The Hall–Kier alpha value is -2.78. The Bertz CT molecular complexity index is 1380. The van der Waals surface area contributed by atoms with Crippen LogP contribution in [0.2, 0.25) is 0 Å². The fourth-order valence-electron chi connectivity index (χ4n) is 3.92. The predicted octanol–water partition coefficient (Wildman–Crippen LogP) is 2.72. The molecule has 2 heterocycles. The Kier molecular flexibility index (Phi) is 4.05. The number of nitrogens with one attached hydrogen (secondary N) is 1. The number of sulfone groups is 1. The number of benzene rings is 1.